The molecule has 0 radical (unpaired) electrons. The molecule has 112 valence electrons. The Bertz CT molecular complexity index is 414. The number of nitrogens with zero attached hydrogens (tertiary/aromatic N) is 2. The average Bonchev–Trinajstić information content (AvgIpc) is 2.86. The third-order valence-corrected chi connectivity index (χ3v) is 3.40. The van der Waals surface area contributed by atoms with Gasteiger partial charge in [0.25, 0.3) is 0 Å². The standard InChI is InChI=1S/C14H23N3O3/c1-17-8-7-15-13(17)5-6-16-14(18)11-19-10-12-4-2-3-9-20-12/h7-8,12H,2-6,9-11H2,1H3,(H,16,18). The second-order valence-electron chi connectivity index (χ2n) is 5.06. The molecule has 1 aliphatic heterocycles. The number of hydrogen-bond donors (Lipinski definition) is 1. The molecule has 1 saturated heterocycles. The van der Waals surface area contributed by atoms with E-state index >= 15 is 0 Å². The Kier molecular flexibility index (Phi) is 6.01. The molecule has 1 aromatic heterocycles. The van der Waals surface area contributed by atoms with Crippen LogP contribution in [0.15, 0.2) is 12.4 Å². The summed E-state index contributed by atoms with van der Waals surface area (Å²) in [6, 6.07) is 0. The van der Waals surface area contributed by atoms with Crippen molar-refractivity contribution in [3.63, 3.8) is 0 Å². The molecule has 2 heterocycles. The van der Waals surface area contributed by atoms with Crippen molar-refractivity contribution in [3.8, 4) is 0 Å². The zero-order valence-corrected chi connectivity index (χ0v) is 12.0. The summed E-state index contributed by atoms with van der Waals surface area (Å²) in [5, 5.41) is 2.83. The quantitative estimate of drug-likeness (QED) is 0.797. The van der Waals surface area contributed by atoms with Crippen molar-refractivity contribution in [3.05, 3.63) is 18.2 Å². The van der Waals surface area contributed by atoms with Crippen LogP contribution >= 0.6 is 0 Å². The molecule has 1 atom stereocenters. The molecule has 6 nitrogen and oxygen atoms in total. The molecule has 0 aliphatic carbocycles. The van der Waals surface area contributed by atoms with Crippen LogP contribution in [0.3, 0.4) is 0 Å². The van der Waals surface area contributed by atoms with E-state index in [1.165, 1.54) is 6.42 Å². The number of aryl methyl sites for hydroxylation is 1. The van der Waals surface area contributed by atoms with Gasteiger partial charge in [0.1, 0.15) is 12.4 Å². The van der Waals surface area contributed by atoms with E-state index in [-0.39, 0.29) is 18.6 Å². The Balaban J connectivity index is 1.53. The van der Waals surface area contributed by atoms with E-state index in [1.807, 2.05) is 17.8 Å². The van der Waals surface area contributed by atoms with Crippen LogP contribution < -0.4 is 5.32 Å². The molecule has 1 unspecified atom stereocenters. The molecule has 0 saturated carbocycles. The Morgan fingerprint density at radius 2 is 2.50 bits per heavy atom. The predicted molar refractivity (Wildman–Crippen MR) is 74.3 cm³/mol. The summed E-state index contributed by atoms with van der Waals surface area (Å²) in [6.45, 7) is 1.99. The first-order valence-corrected chi connectivity index (χ1v) is 7.18. The molecule has 0 spiro atoms. The minimum atomic E-state index is -0.0879. The third kappa shape index (κ3) is 4.94. The highest BCUT2D eigenvalue weighted by atomic mass is 16.5. The van der Waals surface area contributed by atoms with E-state index in [0.29, 0.717) is 13.2 Å². The highest BCUT2D eigenvalue weighted by Gasteiger charge is 2.14. The number of ether oxygens (including phenoxy) is 2. The molecule has 1 amide bonds. The van der Waals surface area contributed by atoms with E-state index in [0.717, 1.165) is 31.7 Å². The lowest BCUT2D eigenvalue weighted by atomic mass is 10.1. The number of rotatable bonds is 7. The topological polar surface area (TPSA) is 65.4 Å². The zero-order valence-electron chi connectivity index (χ0n) is 12.0. The lowest BCUT2D eigenvalue weighted by Crippen LogP contribution is -2.32. The van der Waals surface area contributed by atoms with Crippen LogP contribution in [0.2, 0.25) is 0 Å². The van der Waals surface area contributed by atoms with E-state index in [4.69, 9.17) is 9.47 Å². The lowest BCUT2D eigenvalue weighted by molar-refractivity contribution is -0.127. The van der Waals surface area contributed by atoms with Crippen LogP contribution in [-0.2, 0) is 27.7 Å². The number of carbonyl (C=O) groups is 1. The number of aromatic nitrogens is 2. The molecule has 1 aromatic rings. The normalized spacial score (nSPS) is 18.9. The number of nitrogens with one attached hydrogen (secondary N) is 1. The largest absolute Gasteiger partial charge is 0.376 e. The van der Waals surface area contributed by atoms with Gasteiger partial charge in [0.05, 0.1) is 12.7 Å². The van der Waals surface area contributed by atoms with Gasteiger partial charge in [-0.2, -0.15) is 0 Å². The maximum Gasteiger partial charge on any atom is 0.246 e. The molecule has 20 heavy (non-hydrogen) atoms. The maximum atomic E-state index is 11.6. The highest BCUT2D eigenvalue weighted by Crippen LogP contribution is 2.12. The maximum absolute atomic E-state index is 11.6. The summed E-state index contributed by atoms with van der Waals surface area (Å²) in [5.41, 5.74) is 0. The van der Waals surface area contributed by atoms with Crippen LogP contribution in [0.1, 0.15) is 25.1 Å². The first-order chi connectivity index (χ1) is 9.75. The van der Waals surface area contributed by atoms with E-state index < -0.39 is 0 Å². The second-order valence-corrected chi connectivity index (χ2v) is 5.06. The van der Waals surface area contributed by atoms with Gasteiger partial charge in [-0.1, -0.05) is 0 Å². The summed E-state index contributed by atoms with van der Waals surface area (Å²) in [5.74, 6) is 0.872. The fourth-order valence-corrected chi connectivity index (χ4v) is 2.22. The minimum absolute atomic E-state index is 0.0879. The zero-order chi connectivity index (χ0) is 14.2. The number of imidazole rings is 1. The van der Waals surface area contributed by atoms with Crippen molar-refractivity contribution in [2.24, 2.45) is 7.05 Å². The van der Waals surface area contributed by atoms with Crippen molar-refractivity contribution in [1.29, 1.82) is 0 Å². The fraction of sp³-hybridized carbons (Fsp3) is 0.714. The van der Waals surface area contributed by atoms with Gasteiger partial charge >= 0.3 is 0 Å². The van der Waals surface area contributed by atoms with E-state index in [9.17, 15) is 4.79 Å². The Morgan fingerprint density at radius 1 is 1.60 bits per heavy atom. The SMILES string of the molecule is Cn1ccnc1CCNC(=O)COCC1CCCCO1. The van der Waals surface area contributed by atoms with Crippen LogP contribution in [-0.4, -0.2) is 47.9 Å². The number of carbonyl (C=O) groups excluding carboxylic acids is 1. The van der Waals surface area contributed by atoms with Crippen molar-refractivity contribution in [2.45, 2.75) is 31.8 Å². The molecule has 0 aromatic carbocycles. The smallest absolute Gasteiger partial charge is 0.246 e. The molecule has 2 rings (SSSR count). The van der Waals surface area contributed by atoms with Gasteiger partial charge in [-0.05, 0) is 19.3 Å². The molecule has 6 heteroatoms. The first kappa shape index (κ1) is 15.0. The minimum Gasteiger partial charge on any atom is -0.376 e. The Labute approximate surface area is 119 Å². The predicted octanol–water partition coefficient (Wildman–Crippen LogP) is 0.665. The fourth-order valence-electron chi connectivity index (χ4n) is 2.22. The van der Waals surface area contributed by atoms with E-state index in [2.05, 4.69) is 10.3 Å². The first-order valence-electron chi connectivity index (χ1n) is 7.18. The highest BCUT2D eigenvalue weighted by molar-refractivity contribution is 5.77. The summed E-state index contributed by atoms with van der Waals surface area (Å²) >= 11 is 0. The third-order valence-electron chi connectivity index (χ3n) is 3.40. The van der Waals surface area contributed by atoms with E-state index in [1.54, 1.807) is 6.20 Å². The van der Waals surface area contributed by atoms with Crippen LogP contribution in [0.4, 0.5) is 0 Å². The van der Waals surface area contributed by atoms with Crippen molar-refractivity contribution < 1.29 is 14.3 Å². The van der Waals surface area contributed by atoms with Crippen LogP contribution in [0, 0.1) is 0 Å². The molecule has 1 aliphatic rings. The summed E-state index contributed by atoms with van der Waals surface area (Å²) < 4.78 is 12.9. The second kappa shape index (κ2) is 8.01. The molecule has 1 N–H and O–H groups in total. The van der Waals surface area contributed by atoms with Gasteiger partial charge in [0.2, 0.25) is 5.91 Å². The molecule has 0 bridgehead atoms. The Morgan fingerprint density at radius 3 is 3.20 bits per heavy atom. The van der Waals surface area contributed by atoms with Crippen molar-refractivity contribution in [2.75, 3.05) is 26.4 Å². The molecular formula is C14H23N3O3. The average molecular weight is 281 g/mol. The summed E-state index contributed by atoms with van der Waals surface area (Å²) in [6.07, 6.45) is 7.87. The summed E-state index contributed by atoms with van der Waals surface area (Å²) in [4.78, 5) is 15.8. The van der Waals surface area contributed by atoms with Gasteiger partial charge in [-0.25, -0.2) is 4.98 Å². The van der Waals surface area contributed by atoms with Gasteiger partial charge < -0.3 is 19.4 Å². The summed E-state index contributed by atoms with van der Waals surface area (Å²) in [7, 11) is 1.94. The monoisotopic (exact) mass is 281 g/mol. The van der Waals surface area contributed by atoms with Gasteiger partial charge in [-0.3, -0.25) is 4.79 Å². The van der Waals surface area contributed by atoms with Crippen LogP contribution in [0.5, 0.6) is 0 Å². The Hall–Kier alpha value is -1.40. The lowest BCUT2D eigenvalue weighted by Gasteiger charge is -2.22. The molecular weight excluding hydrogens is 258 g/mol. The van der Waals surface area contributed by atoms with Gasteiger partial charge in [0.15, 0.2) is 0 Å². The van der Waals surface area contributed by atoms with Gasteiger partial charge in [0, 0.05) is 39.0 Å². The number of amides is 1. The van der Waals surface area contributed by atoms with Crippen molar-refractivity contribution in [1.82, 2.24) is 14.9 Å². The molecule has 1 fully saturated rings. The van der Waals surface area contributed by atoms with Crippen molar-refractivity contribution >= 4 is 5.91 Å². The van der Waals surface area contributed by atoms with Gasteiger partial charge in [-0.15, -0.1) is 0 Å². The number of hydrogen-bond acceptors (Lipinski definition) is 4. The van der Waals surface area contributed by atoms with Crippen LogP contribution in [0.25, 0.3) is 0 Å².